The SMILES string of the molecule is CCOc1c(Br)cc(/C=C2/SC(=O)N(CC3CCCCC3)C2=O)cc1Br. The Morgan fingerprint density at radius 2 is 1.85 bits per heavy atom. The van der Waals surface area contributed by atoms with Gasteiger partial charge in [0.25, 0.3) is 11.1 Å². The molecule has 1 heterocycles. The van der Waals surface area contributed by atoms with Crippen LogP contribution in [0.1, 0.15) is 44.6 Å². The van der Waals surface area contributed by atoms with Crippen molar-refractivity contribution in [2.24, 2.45) is 5.92 Å². The third kappa shape index (κ3) is 4.54. The first-order valence-electron chi connectivity index (χ1n) is 8.86. The van der Waals surface area contributed by atoms with E-state index in [-0.39, 0.29) is 11.1 Å². The lowest BCUT2D eigenvalue weighted by Crippen LogP contribution is -2.34. The largest absolute Gasteiger partial charge is 0.492 e. The molecule has 0 radical (unpaired) electrons. The average molecular weight is 503 g/mol. The number of halogens is 2. The van der Waals surface area contributed by atoms with Crippen molar-refractivity contribution in [2.45, 2.75) is 39.0 Å². The highest BCUT2D eigenvalue weighted by Crippen LogP contribution is 2.38. The average Bonchev–Trinajstić information content (AvgIpc) is 2.86. The third-order valence-corrected chi connectivity index (χ3v) is 6.73. The molecule has 0 spiro atoms. The van der Waals surface area contributed by atoms with Gasteiger partial charge in [-0.05, 0) is 93.1 Å². The maximum absolute atomic E-state index is 12.7. The van der Waals surface area contributed by atoms with Crippen molar-refractivity contribution in [3.8, 4) is 5.75 Å². The monoisotopic (exact) mass is 501 g/mol. The molecule has 1 aromatic rings. The number of thioether (sulfide) groups is 1. The second-order valence-corrected chi connectivity index (χ2v) is 9.24. The lowest BCUT2D eigenvalue weighted by atomic mass is 9.89. The molecule has 3 rings (SSSR count). The van der Waals surface area contributed by atoms with E-state index in [2.05, 4.69) is 31.9 Å². The van der Waals surface area contributed by atoms with E-state index in [1.165, 1.54) is 24.2 Å². The second-order valence-electron chi connectivity index (χ2n) is 6.54. The van der Waals surface area contributed by atoms with Gasteiger partial charge in [-0.25, -0.2) is 0 Å². The van der Waals surface area contributed by atoms with Crippen LogP contribution in [0.25, 0.3) is 6.08 Å². The van der Waals surface area contributed by atoms with Crippen LogP contribution in [0.5, 0.6) is 5.75 Å². The van der Waals surface area contributed by atoms with Crippen molar-refractivity contribution in [3.63, 3.8) is 0 Å². The number of ether oxygens (including phenoxy) is 1. The van der Waals surface area contributed by atoms with Gasteiger partial charge in [0.2, 0.25) is 0 Å². The van der Waals surface area contributed by atoms with Crippen LogP contribution in [0, 0.1) is 5.92 Å². The highest BCUT2D eigenvalue weighted by Gasteiger charge is 2.36. The first-order valence-corrected chi connectivity index (χ1v) is 11.3. The first kappa shape index (κ1) is 20.0. The van der Waals surface area contributed by atoms with Crippen molar-refractivity contribution in [1.29, 1.82) is 0 Å². The zero-order valence-corrected chi connectivity index (χ0v) is 18.6. The first-order chi connectivity index (χ1) is 12.5. The molecule has 2 amide bonds. The Labute approximate surface area is 175 Å². The number of nitrogens with zero attached hydrogens (tertiary/aromatic N) is 1. The molecule has 26 heavy (non-hydrogen) atoms. The number of amides is 2. The molecule has 1 saturated carbocycles. The van der Waals surface area contributed by atoms with Crippen LogP contribution in [-0.2, 0) is 4.79 Å². The van der Waals surface area contributed by atoms with Gasteiger partial charge in [-0.3, -0.25) is 14.5 Å². The fourth-order valence-electron chi connectivity index (χ4n) is 3.38. The smallest absolute Gasteiger partial charge is 0.293 e. The number of hydrogen-bond donors (Lipinski definition) is 0. The summed E-state index contributed by atoms with van der Waals surface area (Å²) in [5, 5.41) is -0.157. The lowest BCUT2D eigenvalue weighted by molar-refractivity contribution is -0.123. The fraction of sp³-hybridized carbons (Fsp3) is 0.474. The Morgan fingerprint density at radius 1 is 1.19 bits per heavy atom. The van der Waals surface area contributed by atoms with E-state index in [0.29, 0.717) is 24.0 Å². The fourth-order valence-corrected chi connectivity index (χ4v) is 5.68. The maximum Gasteiger partial charge on any atom is 0.293 e. The van der Waals surface area contributed by atoms with Gasteiger partial charge in [-0.2, -0.15) is 0 Å². The number of rotatable bonds is 5. The van der Waals surface area contributed by atoms with Crippen molar-refractivity contribution in [1.82, 2.24) is 4.90 Å². The summed E-state index contributed by atoms with van der Waals surface area (Å²) in [5.41, 5.74) is 0.843. The Balaban J connectivity index is 1.77. The molecule has 0 atom stereocenters. The number of hydrogen-bond acceptors (Lipinski definition) is 4. The lowest BCUT2D eigenvalue weighted by Gasteiger charge is -2.25. The Morgan fingerprint density at radius 3 is 2.46 bits per heavy atom. The summed E-state index contributed by atoms with van der Waals surface area (Å²) in [7, 11) is 0. The zero-order valence-electron chi connectivity index (χ0n) is 14.6. The van der Waals surface area contributed by atoms with E-state index < -0.39 is 0 Å². The summed E-state index contributed by atoms with van der Waals surface area (Å²) in [4.78, 5) is 26.9. The minimum atomic E-state index is -0.174. The van der Waals surface area contributed by atoms with Crippen LogP contribution in [0.2, 0.25) is 0 Å². The summed E-state index contributed by atoms with van der Waals surface area (Å²) in [6.07, 6.45) is 7.66. The molecule has 7 heteroatoms. The van der Waals surface area contributed by atoms with E-state index >= 15 is 0 Å². The molecule has 0 N–H and O–H groups in total. The molecule has 1 aliphatic carbocycles. The summed E-state index contributed by atoms with van der Waals surface area (Å²) in [6, 6.07) is 3.79. The maximum atomic E-state index is 12.7. The highest BCUT2D eigenvalue weighted by atomic mass is 79.9. The summed E-state index contributed by atoms with van der Waals surface area (Å²) >= 11 is 8.03. The van der Waals surface area contributed by atoms with Gasteiger partial charge in [0.05, 0.1) is 20.5 Å². The molecule has 1 saturated heterocycles. The molecule has 0 bridgehead atoms. The third-order valence-electron chi connectivity index (χ3n) is 4.65. The molecule has 1 aliphatic heterocycles. The molecule has 140 valence electrons. The van der Waals surface area contributed by atoms with Crippen LogP contribution in [0.3, 0.4) is 0 Å². The van der Waals surface area contributed by atoms with E-state index in [0.717, 1.165) is 44.9 Å². The normalized spacial score (nSPS) is 20.3. The van der Waals surface area contributed by atoms with Gasteiger partial charge in [-0.1, -0.05) is 19.3 Å². The van der Waals surface area contributed by atoms with Crippen LogP contribution in [0.4, 0.5) is 4.79 Å². The van der Waals surface area contributed by atoms with E-state index in [4.69, 9.17) is 4.74 Å². The number of carbonyl (C=O) groups excluding carboxylic acids is 2. The number of carbonyl (C=O) groups is 2. The standard InChI is InChI=1S/C19H21Br2NO3S/c1-2-25-17-14(20)8-13(9-15(17)21)10-16-18(23)22(19(24)26-16)11-12-6-4-3-5-7-12/h8-10,12H,2-7,11H2,1H3/b16-10+. The highest BCUT2D eigenvalue weighted by molar-refractivity contribution is 9.11. The number of benzene rings is 1. The van der Waals surface area contributed by atoms with E-state index in [9.17, 15) is 9.59 Å². The van der Waals surface area contributed by atoms with Crippen LogP contribution in [0.15, 0.2) is 26.0 Å². The van der Waals surface area contributed by atoms with Crippen molar-refractivity contribution < 1.29 is 14.3 Å². The quantitative estimate of drug-likeness (QED) is 0.448. The summed E-state index contributed by atoms with van der Waals surface area (Å²) < 4.78 is 7.20. The molecule has 2 aliphatic rings. The van der Waals surface area contributed by atoms with Gasteiger partial charge in [0, 0.05) is 6.54 Å². The Bertz CT molecular complexity index is 721. The molecule has 1 aromatic carbocycles. The summed E-state index contributed by atoms with van der Waals surface area (Å²) in [6.45, 7) is 3.05. The van der Waals surface area contributed by atoms with Crippen molar-refractivity contribution in [3.05, 3.63) is 31.5 Å². The van der Waals surface area contributed by atoms with Crippen LogP contribution >= 0.6 is 43.6 Å². The molecule has 4 nitrogen and oxygen atoms in total. The Kier molecular flexibility index (Phi) is 6.86. The van der Waals surface area contributed by atoms with Gasteiger partial charge in [-0.15, -0.1) is 0 Å². The van der Waals surface area contributed by atoms with Gasteiger partial charge in [0.1, 0.15) is 5.75 Å². The molecular weight excluding hydrogens is 482 g/mol. The molecule has 2 fully saturated rings. The topological polar surface area (TPSA) is 46.6 Å². The molecular formula is C19H21Br2NO3S. The van der Waals surface area contributed by atoms with Crippen molar-refractivity contribution in [2.75, 3.05) is 13.2 Å². The van der Waals surface area contributed by atoms with Crippen molar-refractivity contribution >= 4 is 60.8 Å². The van der Waals surface area contributed by atoms with E-state index in [1.54, 1.807) is 6.08 Å². The van der Waals surface area contributed by atoms with E-state index in [1.807, 2.05) is 19.1 Å². The predicted octanol–water partition coefficient (Wildman–Crippen LogP) is 6.23. The van der Waals surface area contributed by atoms with Gasteiger partial charge in [0.15, 0.2) is 0 Å². The number of imide groups is 1. The van der Waals surface area contributed by atoms with Gasteiger partial charge >= 0.3 is 0 Å². The predicted molar refractivity (Wildman–Crippen MR) is 112 cm³/mol. The Hall–Kier alpha value is -0.790. The minimum Gasteiger partial charge on any atom is -0.492 e. The molecule has 0 unspecified atom stereocenters. The second kappa shape index (κ2) is 8.93. The van der Waals surface area contributed by atoms with Gasteiger partial charge < -0.3 is 4.74 Å². The zero-order chi connectivity index (χ0) is 18.7. The van der Waals surface area contributed by atoms with Crippen LogP contribution < -0.4 is 4.74 Å². The minimum absolute atomic E-state index is 0.157. The summed E-state index contributed by atoms with van der Waals surface area (Å²) in [5.74, 6) is 1.01. The van der Waals surface area contributed by atoms with Crippen LogP contribution in [-0.4, -0.2) is 29.2 Å². The molecule has 0 aromatic heterocycles.